The molecule has 166 valence electrons. The van der Waals surface area contributed by atoms with E-state index in [2.05, 4.69) is 0 Å². The Morgan fingerprint density at radius 2 is 1.94 bits per heavy atom. The first-order valence-electron chi connectivity index (χ1n) is 10.9. The third-order valence-electron chi connectivity index (χ3n) is 6.59. The molecule has 2 aliphatic rings. The number of amides is 3. The van der Waals surface area contributed by atoms with Crippen molar-refractivity contribution in [2.75, 3.05) is 19.6 Å². The summed E-state index contributed by atoms with van der Waals surface area (Å²) in [7, 11) is 0. The van der Waals surface area contributed by atoms with E-state index < -0.39 is 12.2 Å². The summed E-state index contributed by atoms with van der Waals surface area (Å²) < 4.78 is 0. The van der Waals surface area contributed by atoms with E-state index in [1.54, 1.807) is 9.80 Å². The molecule has 32 heavy (non-hydrogen) atoms. The maximum Gasteiger partial charge on any atom is 0.246 e. The fourth-order valence-corrected chi connectivity index (χ4v) is 4.78. The Labute approximate surface area is 187 Å². The van der Waals surface area contributed by atoms with Crippen LogP contribution in [0.4, 0.5) is 0 Å². The van der Waals surface area contributed by atoms with Gasteiger partial charge in [0.25, 0.3) is 0 Å². The van der Waals surface area contributed by atoms with Crippen molar-refractivity contribution in [1.29, 1.82) is 5.26 Å². The van der Waals surface area contributed by atoms with Crippen LogP contribution in [-0.4, -0.2) is 69.9 Å². The second kappa shape index (κ2) is 8.97. The molecule has 8 heteroatoms. The van der Waals surface area contributed by atoms with Crippen molar-refractivity contribution in [1.82, 2.24) is 19.8 Å². The summed E-state index contributed by atoms with van der Waals surface area (Å²) in [6.07, 6.45) is 0.743. The molecule has 0 spiro atoms. The highest BCUT2D eigenvalue weighted by atomic mass is 16.2. The molecular formula is C24H27N5O3. The lowest BCUT2D eigenvalue weighted by Crippen LogP contribution is -2.75. The van der Waals surface area contributed by atoms with Gasteiger partial charge in [-0.15, -0.1) is 0 Å². The first-order chi connectivity index (χ1) is 15.5. The van der Waals surface area contributed by atoms with Gasteiger partial charge >= 0.3 is 0 Å². The Hall–Kier alpha value is -3.44. The lowest BCUT2D eigenvalue weighted by Gasteiger charge is -2.55. The van der Waals surface area contributed by atoms with Crippen molar-refractivity contribution >= 4 is 29.0 Å². The van der Waals surface area contributed by atoms with Gasteiger partial charge in [-0.25, -0.2) is 0 Å². The highest BCUT2D eigenvalue weighted by molar-refractivity contribution is 5.91. The summed E-state index contributed by atoms with van der Waals surface area (Å²) in [5, 5.41) is 14.2. The minimum absolute atomic E-state index is 0.0692. The number of hydrazine groups is 1. The van der Waals surface area contributed by atoms with Gasteiger partial charge in [-0.05, 0) is 22.3 Å². The Morgan fingerprint density at radius 1 is 1.19 bits per heavy atom. The molecule has 2 heterocycles. The van der Waals surface area contributed by atoms with Crippen LogP contribution < -0.4 is 0 Å². The number of hydrogen-bond donors (Lipinski definition) is 0. The fraction of sp³-hybridized carbons (Fsp3) is 0.417. The molecule has 2 saturated heterocycles. The summed E-state index contributed by atoms with van der Waals surface area (Å²) in [5.41, 5.74) is 1.02. The maximum atomic E-state index is 13.6. The van der Waals surface area contributed by atoms with Crippen LogP contribution in [0.5, 0.6) is 0 Å². The normalized spacial score (nSPS) is 22.6. The van der Waals surface area contributed by atoms with Crippen LogP contribution >= 0.6 is 0 Å². The summed E-state index contributed by atoms with van der Waals surface area (Å²) in [6, 6.07) is 15.4. The van der Waals surface area contributed by atoms with E-state index in [0.717, 1.165) is 22.8 Å². The molecule has 3 amide bonds. The number of carbonyl (C=O) groups is 3. The van der Waals surface area contributed by atoms with E-state index in [9.17, 15) is 14.4 Å². The number of hydrogen-bond acceptors (Lipinski definition) is 5. The lowest BCUT2D eigenvalue weighted by atomic mass is 9.92. The molecule has 0 N–H and O–H groups in total. The minimum Gasteiger partial charge on any atom is -0.333 e. The third-order valence-corrected chi connectivity index (χ3v) is 6.59. The number of piperazine rings is 1. The lowest BCUT2D eigenvalue weighted by molar-refractivity contribution is -0.201. The molecular weight excluding hydrogens is 406 g/mol. The average Bonchev–Trinajstić information content (AvgIpc) is 2.80. The molecule has 2 unspecified atom stereocenters. The molecule has 0 radical (unpaired) electrons. The minimum atomic E-state index is -0.645. The van der Waals surface area contributed by atoms with Crippen LogP contribution in [0.15, 0.2) is 42.5 Å². The average molecular weight is 434 g/mol. The summed E-state index contributed by atoms with van der Waals surface area (Å²) in [4.78, 5) is 42.0. The number of fused-ring (bicyclic) bond motifs is 2. The summed E-state index contributed by atoms with van der Waals surface area (Å²) in [5.74, 6) is -0.399. The zero-order chi connectivity index (χ0) is 22.8. The molecule has 2 aromatic rings. The van der Waals surface area contributed by atoms with Crippen molar-refractivity contribution in [2.45, 2.75) is 39.0 Å². The zero-order valence-electron chi connectivity index (χ0n) is 18.3. The van der Waals surface area contributed by atoms with Crippen LogP contribution in [0.2, 0.25) is 0 Å². The molecule has 0 aromatic heterocycles. The van der Waals surface area contributed by atoms with Gasteiger partial charge < -0.3 is 9.80 Å². The Bertz CT molecular complexity index is 1080. The molecule has 2 aromatic carbocycles. The first-order valence-corrected chi connectivity index (χ1v) is 10.9. The largest absolute Gasteiger partial charge is 0.333 e. The van der Waals surface area contributed by atoms with Gasteiger partial charge in [-0.2, -0.15) is 10.3 Å². The van der Waals surface area contributed by atoms with Crippen molar-refractivity contribution in [3.8, 4) is 6.07 Å². The second-order valence-corrected chi connectivity index (χ2v) is 8.44. The van der Waals surface area contributed by atoms with Gasteiger partial charge in [0.1, 0.15) is 18.8 Å². The number of carbonyl (C=O) groups excluding carboxylic acids is 3. The molecule has 8 nitrogen and oxygen atoms in total. The predicted octanol–water partition coefficient (Wildman–Crippen LogP) is 1.96. The van der Waals surface area contributed by atoms with Crippen LogP contribution in [0.1, 0.15) is 25.8 Å². The molecule has 0 saturated carbocycles. The Balaban J connectivity index is 1.72. The zero-order valence-corrected chi connectivity index (χ0v) is 18.3. The van der Waals surface area contributed by atoms with Crippen molar-refractivity contribution in [2.24, 2.45) is 5.92 Å². The second-order valence-electron chi connectivity index (χ2n) is 8.44. The van der Waals surface area contributed by atoms with E-state index >= 15 is 0 Å². The van der Waals surface area contributed by atoms with Crippen LogP contribution in [-0.2, 0) is 20.9 Å². The SMILES string of the molecule is CCC(C)[C@H]1C(=O)N(Cc2cccc3ccccc23)CC2N1C(=O)CN(CC#N)N2C=O. The molecule has 2 aliphatic heterocycles. The van der Waals surface area contributed by atoms with Gasteiger partial charge in [0.15, 0.2) is 0 Å². The highest BCUT2D eigenvalue weighted by Crippen LogP contribution is 2.31. The van der Waals surface area contributed by atoms with E-state index in [1.807, 2.05) is 62.4 Å². The van der Waals surface area contributed by atoms with Gasteiger partial charge in [0, 0.05) is 6.54 Å². The van der Waals surface area contributed by atoms with Crippen molar-refractivity contribution < 1.29 is 14.4 Å². The number of benzene rings is 2. The van der Waals surface area contributed by atoms with Crippen LogP contribution in [0, 0.1) is 17.2 Å². The smallest absolute Gasteiger partial charge is 0.246 e. The first kappa shape index (κ1) is 21.8. The van der Waals surface area contributed by atoms with Crippen molar-refractivity contribution in [3.05, 3.63) is 48.0 Å². The third kappa shape index (κ3) is 3.69. The molecule has 2 fully saturated rings. The van der Waals surface area contributed by atoms with Gasteiger partial charge in [-0.1, -0.05) is 62.7 Å². The summed E-state index contributed by atoms with van der Waals surface area (Å²) >= 11 is 0. The van der Waals surface area contributed by atoms with Crippen LogP contribution in [0.3, 0.4) is 0 Å². The molecule has 0 bridgehead atoms. The van der Waals surface area contributed by atoms with E-state index in [0.29, 0.717) is 13.0 Å². The van der Waals surface area contributed by atoms with Gasteiger partial charge in [0.05, 0.1) is 19.2 Å². The van der Waals surface area contributed by atoms with E-state index in [-0.39, 0.29) is 37.4 Å². The maximum absolute atomic E-state index is 13.6. The summed E-state index contributed by atoms with van der Waals surface area (Å²) in [6.45, 7) is 4.37. The van der Waals surface area contributed by atoms with Gasteiger partial charge in [-0.3, -0.25) is 19.4 Å². The number of nitrogens with zero attached hydrogens (tertiary/aromatic N) is 5. The van der Waals surface area contributed by atoms with E-state index in [1.165, 1.54) is 10.0 Å². The Morgan fingerprint density at radius 3 is 2.66 bits per heavy atom. The fourth-order valence-electron chi connectivity index (χ4n) is 4.78. The monoisotopic (exact) mass is 433 g/mol. The van der Waals surface area contributed by atoms with E-state index in [4.69, 9.17) is 5.26 Å². The van der Waals surface area contributed by atoms with Crippen LogP contribution in [0.25, 0.3) is 10.8 Å². The number of nitriles is 1. The number of rotatable bonds is 6. The topological polar surface area (TPSA) is 88.0 Å². The molecule has 4 rings (SSSR count). The Kier molecular flexibility index (Phi) is 6.10. The quantitative estimate of drug-likeness (QED) is 0.513. The standard InChI is InChI=1S/C24H27N5O3/c1-3-17(2)23-24(32)26(13-19-9-6-8-18-7-4-5-10-20(18)19)14-21-28(16-30)27(12-11-25)15-22(31)29(21)23/h4-10,16-17,21,23H,3,12-15H2,1-2H3/t17?,21?,23-/m0/s1. The molecule has 0 aliphatic carbocycles. The van der Waals surface area contributed by atoms with Crippen molar-refractivity contribution in [3.63, 3.8) is 0 Å². The highest BCUT2D eigenvalue weighted by Gasteiger charge is 2.50. The molecule has 3 atom stereocenters. The van der Waals surface area contributed by atoms with Gasteiger partial charge in [0.2, 0.25) is 18.2 Å². The predicted molar refractivity (Wildman–Crippen MR) is 118 cm³/mol.